The highest BCUT2D eigenvalue weighted by Gasteiger charge is 2.34. The van der Waals surface area contributed by atoms with Crippen LogP contribution in [0.25, 0.3) is 0 Å². The first-order chi connectivity index (χ1) is 18.8. The molecule has 0 radical (unpaired) electrons. The number of hydrogen-bond acceptors (Lipinski definition) is 4. The Balaban J connectivity index is 2.08. The molecule has 0 aliphatic carbocycles. The number of halogens is 2. The van der Waals surface area contributed by atoms with Gasteiger partial charge in [0.25, 0.3) is 10.0 Å². The molecule has 0 aromatic heterocycles. The van der Waals surface area contributed by atoms with Crippen LogP contribution in [-0.4, -0.2) is 43.8 Å². The van der Waals surface area contributed by atoms with E-state index in [1.165, 1.54) is 35.2 Å². The van der Waals surface area contributed by atoms with Gasteiger partial charge in [0.15, 0.2) is 0 Å². The maximum absolute atomic E-state index is 14.0. The van der Waals surface area contributed by atoms with Gasteiger partial charge in [-0.25, -0.2) is 8.42 Å². The lowest BCUT2D eigenvalue weighted by Gasteiger charge is -2.33. The van der Waals surface area contributed by atoms with E-state index in [0.717, 1.165) is 27.4 Å². The Hall–Kier alpha value is -3.07. The first-order valence-corrected chi connectivity index (χ1v) is 15.2. The molecule has 0 unspecified atom stereocenters. The summed E-state index contributed by atoms with van der Waals surface area (Å²) in [4.78, 5) is 28.6. The minimum Gasteiger partial charge on any atom is -0.352 e. The maximum atomic E-state index is 14.0. The normalized spacial score (nSPS) is 12.9. The quantitative estimate of drug-likeness (QED) is 0.285. The molecule has 3 aromatic rings. The highest BCUT2D eigenvalue weighted by atomic mass is 35.5. The van der Waals surface area contributed by atoms with Crippen LogP contribution in [0.3, 0.4) is 0 Å². The van der Waals surface area contributed by atoms with E-state index in [1.54, 1.807) is 19.1 Å². The summed E-state index contributed by atoms with van der Waals surface area (Å²) in [6.07, 6.45) is 0.722. The van der Waals surface area contributed by atoms with Crippen molar-refractivity contribution in [1.29, 1.82) is 0 Å². The summed E-state index contributed by atoms with van der Waals surface area (Å²) in [5, 5.41) is 3.30. The zero-order valence-electron chi connectivity index (χ0n) is 23.3. The van der Waals surface area contributed by atoms with Gasteiger partial charge < -0.3 is 10.2 Å². The lowest BCUT2D eigenvalue weighted by molar-refractivity contribution is -0.139. The summed E-state index contributed by atoms with van der Waals surface area (Å²) < 4.78 is 28.8. The second kappa shape index (κ2) is 13.5. The average molecular weight is 605 g/mol. The van der Waals surface area contributed by atoms with E-state index in [0.29, 0.717) is 0 Å². The number of carbonyl (C=O) groups is 2. The van der Waals surface area contributed by atoms with Gasteiger partial charge in [0.2, 0.25) is 11.8 Å². The molecule has 0 heterocycles. The Morgan fingerprint density at radius 3 is 2.23 bits per heavy atom. The SMILES string of the molecule is CC[C@H](C)NC(=O)[C@@H](C)N(Cc1ccccc1C)C(=O)CN(c1cc(Cl)ccc1Cl)S(=O)(=O)c1ccc(C)cc1. The third-order valence-corrected chi connectivity index (χ3v) is 9.16. The number of rotatable bonds is 11. The molecule has 10 heteroatoms. The molecule has 0 bridgehead atoms. The largest absolute Gasteiger partial charge is 0.352 e. The molecule has 0 saturated carbocycles. The Morgan fingerprint density at radius 1 is 0.950 bits per heavy atom. The first-order valence-electron chi connectivity index (χ1n) is 13.0. The van der Waals surface area contributed by atoms with E-state index in [2.05, 4.69) is 5.32 Å². The Labute approximate surface area is 247 Å². The number of hydrogen-bond donors (Lipinski definition) is 1. The van der Waals surface area contributed by atoms with Crippen LogP contribution in [0, 0.1) is 13.8 Å². The molecule has 7 nitrogen and oxygen atoms in total. The van der Waals surface area contributed by atoms with Crippen LogP contribution >= 0.6 is 23.2 Å². The molecule has 214 valence electrons. The molecular weight excluding hydrogens is 569 g/mol. The Bertz CT molecular complexity index is 1460. The van der Waals surface area contributed by atoms with Crippen LogP contribution in [0.1, 0.15) is 43.9 Å². The van der Waals surface area contributed by atoms with Gasteiger partial charge in [-0.2, -0.15) is 0 Å². The van der Waals surface area contributed by atoms with Crippen molar-refractivity contribution in [3.63, 3.8) is 0 Å². The molecule has 0 saturated heterocycles. The van der Waals surface area contributed by atoms with Gasteiger partial charge in [0, 0.05) is 17.6 Å². The van der Waals surface area contributed by atoms with Gasteiger partial charge in [-0.1, -0.05) is 72.1 Å². The average Bonchev–Trinajstić information content (AvgIpc) is 2.92. The topological polar surface area (TPSA) is 86.8 Å². The fourth-order valence-corrected chi connectivity index (χ4v) is 5.91. The van der Waals surface area contributed by atoms with E-state index in [1.807, 2.05) is 52.0 Å². The van der Waals surface area contributed by atoms with E-state index >= 15 is 0 Å². The van der Waals surface area contributed by atoms with Crippen LogP contribution in [0.15, 0.2) is 71.6 Å². The summed E-state index contributed by atoms with van der Waals surface area (Å²) in [5.41, 5.74) is 2.73. The van der Waals surface area contributed by atoms with Crippen LogP contribution in [0.4, 0.5) is 5.69 Å². The number of carbonyl (C=O) groups excluding carboxylic acids is 2. The fourth-order valence-electron chi connectivity index (χ4n) is 4.05. The number of aryl methyl sites for hydroxylation is 2. The summed E-state index contributed by atoms with van der Waals surface area (Å²) in [6, 6.07) is 17.3. The molecule has 0 aliphatic heterocycles. The van der Waals surface area contributed by atoms with E-state index in [9.17, 15) is 18.0 Å². The number of anilines is 1. The van der Waals surface area contributed by atoms with Crippen molar-refractivity contribution in [2.24, 2.45) is 0 Å². The van der Waals surface area contributed by atoms with Crippen molar-refractivity contribution in [3.05, 3.63) is 93.5 Å². The van der Waals surface area contributed by atoms with Crippen molar-refractivity contribution in [1.82, 2.24) is 10.2 Å². The smallest absolute Gasteiger partial charge is 0.264 e. The second-order valence-electron chi connectivity index (χ2n) is 9.86. The van der Waals surface area contributed by atoms with Gasteiger partial charge >= 0.3 is 0 Å². The summed E-state index contributed by atoms with van der Waals surface area (Å²) >= 11 is 12.7. The van der Waals surface area contributed by atoms with Crippen LogP contribution < -0.4 is 9.62 Å². The van der Waals surface area contributed by atoms with Crippen molar-refractivity contribution in [2.75, 3.05) is 10.8 Å². The Kier molecular flexibility index (Phi) is 10.6. The van der Waals surface area contributed by atoms with E-state index in [-0.39, 0.29) is 39.1 Å². The van der Waals surface area contributed by atoms with Gasteiger partial charge in [-0.15, -0.1) is 0 Å². The van der Waals surface area contributed by atoms with Crippen molar-refractivity contribution in [2.45, 2.75) is 64.6 Å². The number of sulfonamides is 1. The Morgan fingerprint density at radius 2 is 1.60 bits per heavy atom. The van der Waals surface area contributed by atoms with Crippen molar-refractivity contribution in [3.8, 4) is 0 Å². The lowest BCUT2D eigenvalue weighted by atomic mass is 10.1. The van der Waals surface area contributed by atoms with E-state index in [4.69, 9.17) is 23.2 Å². The molecule has 0 spiro atoms. The minimum absolute atomic E-state index is 0.00467. The standard InChI is InChI=1S/C30H35Cl2N3O4S/c1-6-22(4)33-30(37)23(5)34(18-24-10-8-7-9-21(24)3)29(36)19-35(28-17-25(31)13-16-27(28)32)40(38,39)26-14-11-20(2)12-15-26/h7-17,22-23H,6,18-19H2,1-5H3,(H,33,37)/t22-,23+/m0/s1. The molecule has 2 atom stereocenters. The number of nitrogens with zero attached hydrogens (tertiary/aromatic N) is 2. The fraction of sp³-hybridized carbons (Fsp3) is 0.333. The van der Waals surface area contributed by atoms with Crippen LogP contribution in [-0.2, 0) is 26.2 Å². The minimum atomic E-state index is -4.25. The molecule has 3 aromatic carbocycles. The predicted molar refractivity (Wildman–Crippen MR) is 161 cm³/mol. The summed E-state index contributed by atoms with van der Waals surface area (Å²) in [6.45, 7) is 8.76. The summed E-state index contributed by atoms with van der Waals surface area (Å²) in [7, 11) is -4.25. The number of amides is 2. The van der Waals surface area contributed by atoms with Crippen molar-refractivity contribution < 1.29 is 18.0 Å². The van der Waals surface area contributed by atoms with Gasteiger partial charge in [-0.3, -0.25) is 13.9 Å². The molecule has 0 fully saturated rings. The number of benzene rings is 3. The maximum Gasteiger partial charge on any atom is 0.264 e. The molecule has 40 heavy (non-hydrogen) atoms. The third-order valence-electron chi connectivity index (χ3n) is 6.83. The highest BCUT2D eigenvalue weighted by molar-refractivity contribution is 7.92. The molecule has 1 N–H and O–H groups in total. The molecule has 0 aliphatic rings. The lowest BCUT2D eigenvalue weighted by Crippen LogP contribution is -2.52. The monoisotopic (exact) mass is 603 g/mol. The highest BCUT2D eigenvalue weighted by Crippen LogP contribution is 2.33. The predicted octanol–water partition coefficient (Wildman–Crippen LogP) is 6.14. The van der Waals surface area contributed by atoms with Crippen LogP contribution in [0.2, 0.25) is 10.0 Å². The van der Waals surface area contributed by atoms with Gasteiger partial charge in [-0.05, 0) is 75.6 Å². The third kappa shape index (κ3) is 7.56. The molecular formula is C30H35Cl2N3O4S. The second-order valence-corrected chi connectivity index (χ2v) is 12.6. The zero-order chi connectivity index (χ0) is 29.6. The number of nitrogens with one attached hydrogen (secondary N) is 1. The van der Waals surface area contributed by atoms with Crippen molar-refractivity contribution >= 4 is 50.7 Å². The van der Waals surface area contributed by atoms with Gasteiger partial charge in [0.1, 0.15) is 12.6 Å². The molecule has 3 rings (SSSR count). The first kappa shape index (κ1) is 31.5. The molecule has 2 amide bonds. The van der Waals surface area contributed by atoms with E-state index < -0.39 is 28.5 Å². The van der Waals surface area contributed by atoms with Crippen LogP contribution in [0.5, 0.6) is 0 Å². The summed E-state index contributed by atoms with van der Waals surface area (Å²) in [5.74, 6) is -0.896. The van der Waals surface area contributed by atoms with Gasteiger partial charge in [0.05, 0.1) is 15.6 Å². The zero-order valence-corrected chi connectivity index (χ0v) is 25.6.